The third kappa shape index (κ3) is 0.614. The third-order valence-corrected chi connectivity index (χ3v) is 1.39. The molecule has 0 saturated heterocycles. The zero-order chi connectivity index (χ0) is 6.10. The molecule has 1 aromatic rings. The molecule has 0 aliphatic carbocycles. The van der Waals surface area contributed by atoms with Gasteiger partial charge in [0.1, 0.15) is 0 Å². The molecule has 0 bridgehead atoms. The Labute approximate surface area is 52.8 Å². The topological polar surface area (TPSA) is 40.7 Å². The summed E-state index contributed by atoms with van der Waals surface area (Å²) >= 11 is 0. The predicted octanol–water partition coefficient (Wildman–Crippen LogP) is 0.484. The summed E-state index contributed by atoms with van der Waals surface area (Å²) in [6.07, 6.45) is 5.57. The van der Waals surface area contributed by atoms with Crippen molar-refractivity contribution >= 4 is 6.08 Å². The zero-order valence-electron chi connectivity index (χ0n) is 4.89. The molecule has 46 valence electrons. The highest BCUT2D eigenvalue weighted by molar-refractivity contribution is 5.48. The lowest BCUT2D eigenvalue weighted by atomic mass is 10.3. The SMILES string of the molecule is C1=Cc2nc[nH]c2CN1. The Balaban J connectivity index is 2.53. The summed E-state index contributed by atoms with van der Waals surface area (Å²) in [5.74, 6) is 0. The van der Waals surface area contributed by atoms with Gasteiger partial charge in [0.2, 0.25) is 0 Å². The van der Waals surface area contributed by atoms with Gasteiger partial charge >= 0.3 is 0 Å². The molecule has 0 amide bonds. The maximum absolute atomic E-state index is 4.07. The van der Waals surface area contributed by atoms with Crippen molar-refractivity contribution in [1.29, 1.82) is 0 Å². The van der Waals surface area contributed by atoms with Gasteiger partial charge in [0, 0.05) is 0 Å². The molecule has 0 saturated carbocycles. The molecule has 2 rings (SSSR count). The fourth-order valence-electron chi connectivity index (χ4n) is 0.916. The smallest absolute Gasteiger partial charge is 0.0929 e. The average molecular weight is 121 g/mol. The molecule has 0 aromatic carbocycles. The van der Waals surface area contributed by atoms with Crippen molar-refractivity contribution in [2.24, 2.45) is 0 Å². The summed E-state index contributed by atoms with van der Waals surface area (Å²) in [5.41, 5.74) is 2.21. The summed E-state index contributed by atoms with van der Waals surface area (Å²) in [4.78, 5) is 7.11. The van der Waals surface area contributed by atoms with Crippen LogP contribution in [0.2, 0.25) is 0 Å². The zero-order valence-corrected chi connectivity index (χ0v) is 4.89. The third-order valence-electron chi connectivity index (χ3n) is 1.39. The number of H-pyrrole nitrogens is 1. The van der Waals surface area contributed by atoms with E-state index in [1.165, 1.54) is 0 Å². The van der Waals surface area contributed by atoms with Crippen molar-refractivity contribution in [3.05, 3.63) is 23.9 Å². The van der Waals surface area contributed by atoms with Crippen molar-refractivity contribution in [3.63, 3.8) is 0 Å². The first-order chi connectivity index (χ1) is 4.47. The molecule has 3 heteroatoms. The van der Waals surface area contributed by atoms with E-state index in [0.717, 1.165) is 17.9 Å². The minimum atomic E-state index is 0.867. The first kappa shape index (κ1) is 4.61. The van der Waals surface area contributed by atoms with Gasteiger partial charge in [-0.3, -0.25) is 0 Å². The van der Waals surface area contributed by atoms with E-state index in [9.17, 15) is 0 Å². The van der Waals surface area contributed by atoms with Gasteiger partial charge in [-0.05, 0) is 12.3 Å². The lowest BCUT2D eigenvalue weighted by molar-refractivity contribution is 0.832. The van der Waals surface area contributed by atoms with Crippen LogP contribution in [0.4, 0.5) is 0 Å². The highest BCUT2D eigenvalue weighted by Crippen LogP contribution is 2.07. The minimum Gasteiger partial charge on any atom is -0.385 e. The van der Waals surface area contributed by atoms with E-state index < -0.39 is 0 Å². The summed E-state index contributed by atoms with van der Waals surface area (Å²) < 4.78 is 0. The maximum atomic E-state index is 4.07. The molecule has 1 aliphatic rings. The van der Waals surface area contributed by atoms with Gasteiger partial charge < -0.3 is 10.3 Å². The maximum Gasteiger partial charge on any atom is 0.0929 e. The molecule has 1 aliphatic heterocycles. The van der Waals surface area contributed by atoms with Crippen LogP contribution in [0, 0.1) is 0 Å². The van der Waals surface area contributed by atoms with Gasteiger partial charge in [0.05, 0.1) is 24.3 Å². The number of hydrogen-bond donors (Lipinski definition) is 2. The molecule has 0 fully saturated rings. The van der Waals surface area contributed by atoms with Crippen LogP contribution in [-0.4, -0.2) is 9.97 Å². The monoisotopic (exact) mass is 121 g/mol. The van der Waals surface area contributed by atoms with Gasteiger partial charge in [-0.2, -0.15) is 0 Å². The fraction of sp³-hybridized carbons (Fsp3) is 0.167. The van der Waals surface area contributed by atoms with E-state index in [1.54, 1.807) is 6.33 Å². The number of nitrogens with one attached hydrogen (secondary N) is 2. The van der Waals surface area contributed by atoms with Crippen LogP contribution in [0.1, 0.15) is 11.4 Å². The first-order valence-electron chi connectivity index (χ1n) is 2.89. The molecule has 2 N–H and O–H groups in total. The van der Waals surface area contributed by atoms with Crippen LogP contribution >= 0.6 is 0 Å². The van der Waals surface area contributed by atoms with Crippen LogP contribution < -0.4 is 5.32 Å². The molecule has 9 heavy (non-hydrogen) atoms. The Morgan fingerprint density at radius 3 is 3.44 bits per heavy atom. The average Bonchev–Trinajstić information content (AvgIpc) is 2.33. The van der Waals surface area contributed by atoms with Crippen LogP contribution in [0.3, 0.4) is 0 Å². The Bertz CT molecular complexity index is 236. The number of aromatic amines is 1. The molecule has 0 spiro atoms. The molecule has 0 radical (unpaired) electrons. The summed E-state index contributed by atoms with van der Waals surface area (Å²) in [5, 5.41) is 3.08. The Kier molecular flexibility index (Phi) is 0.828. The molecule has 3 nitrogen and oxygen atoms in total. The van der Waals surface area contributed by atoms with Crippen LogP contribution in [0.25, 0.3) is 6.08 Å². The second kappa shape index (κ2) is 1.62. The quantitative estimate of drug-likeness (QED) is 0.524. The van der Waals surface area contributed by atoms with Crippen LogP contribution in [0.5, 0.6) is 0 Å². The predicted molar refractivity (Wildman–Crippen MR) is 34.5 cm³/mol. The molecule has 2 heterocycles. The van der Waals surface area contributed by atoms with Gasteiger partial charge in [-0.25, -0.2) is 4.98 Å². The van der Waals surface area contributed by atoms with Crippen molar-refractivity contribution in [1.82, 2.24) is 15.3 Å². The van der Waals surface area contributed by atoms with Crippen LogP contribution in [-0.2, 0) is 6.54 Å². The molecular formula is C6H7N3. The highest BCUT2D eigenvalue weighted by atomic mass is 15.0. The Hall–Kier alpha value is -1.25. The normalized spacial score (nSPS) is 14.7. The second-order valence-electron chi connectivity index (χ2n) is 1.98. The fourth-order valence-corrected chi connectivity index (χ4v) is 0.916. The Morgan fingerprint density at radius 2 is 2.56 bits per heavy atom. The summed E-state index contributed by atoms with van der Waals surface area (Å²) in [7, 11) is 0. The molecule has 0 atom stereocenters. The summed E-state index contributed by atoms with van der Waals surface area (Å²) in [6, 6.07) is 0. The number of aromatic nitrogens is 2. The number of hydrogen-bond acceptors (Lipinski definition) is 2. The van der Waals surface area contributed by atoms with E-state index >= 15 is 0 Å². The lowest BCUT2D eigenvalue weighted by Gasteiger charge is -2.03. The van der Waals surface area contributed by atoms with E-state index in [2.05, 4.69) is 15.3 Å². The van der Waals surface area contributed by atoms with Gasteiger partial charge in [-0.15, -0.1) is 0 Å². The minimum absolute atomic E-state index is 0.867. The van der Waals surface area contributed by atoms with Crippen molar-refractivity contribution < 1.29 is 0 Å². The Morgan fingerprint density at radius 1 is 1.56 bits per heavy atom. The van der Waals surface area contributed by atoms with E-state index in [4.69, 9.17) is 0 Å². The van der Waals surface area contributed by atoms with E-state index in [0.29, 0.717) is 0 Å². The van der Waals surface area contributed by atoms with Crippen LogP contribution in [0.15, 0.2) is 12.5 Å². The summed E-state index contributed by atoms with van der Waals surface area (Å²) in [6.45, 7) is 0.867. The van der Waals surface area contributed by atoms with Gasteiger partial charge in [0.25, 0.3) is 0 Å². The number of rotatable bonds is 0. The number of fused-ring (bicyclic) bond motifs is 1. The molecule has 0 unspecified atom stereocenters. The van der Waals surface area contributed by atoms with Gasteiger partial charge in [0.15, 0.2) is 0 Å². The van der Waals surface area contributed by atoms with Crippen molar-refractivity contribution in [2.45, 2.75) is 6.54 Å². The van der Waals surface area contributed by atoms with Crippen molar-refractivity contribution in [2.75, 3.05) is 0 Å². The first-order valence-corrected chi connectivity index (χ1v) is 2.89. The largest absolute Gasteiger partial charge is 0.385 e. The number of nitrogens with zero attached hydrogens (tertiary/aromatic N) is 1. The second-order valence-corrected chi connectivity index (χ2v) is 1.98. The lowest BCUT2D eigenvalue weighted by Crippen LogP contribution is -2.09. The van der Waals surface area contributed by atoms with Gasteiger partial charge in [-0.1, -0.05) is 0 Å². The van der Waals surface area contributed by atoms with Crippen molar-refractivity contribution in [3.8, 4) is 0 Å². The van der Waals surface area contributed by atoms with E-state index in [1.807, 2.05) is 12.3 Å². The van der Waals surface area contributed by atoms with E-state index in [-0.39, 0.29) is 0 Å². The molecule has 1 aromatic heterocycles. The standard InChI is InChI=1S/C6H7N3/c1-2-7-3-6-5(1)8-4-9-6/h1-2,4,7H,3H2,(H,8,9). The number of imidazole rings is 1. The highest BCUT2D eigenvalue weighted by Gasteiger charge is 2.03. The molecular weight excluding hydrogens is 114 g/mol.